The molecule has 0 fully saturated rings. The molecule has 0 aliphatic heterocycles. The number of carbonyl (C=O) groups excluding carboxylic acids is 2. The van der Waals surface area contributed by atoms with Crippen molar-refractivity contribution in [2.75, 3.05) is 6.61 Å². The fourth-order valence-electron chi connectivity index (χ4n) is 2.95. The van der Waals surface area contributed by atoms with E-state index in [0.29, 0.717) is 36.5 Å². The Kier molecular flexibility index (Phi) is 5.79. The molecule has 5 heteroatoms. The van der Waals surface area contributed by atoms with Crippen molar-refractivity contribution in [2.45, 2.75) is 40.8 Å². The van der Waals surface area contributed by atoms with E-state index in [1.807, 2.05) is 48.7 Å². The number of esters is 1. The van der Waals surface area contributed by atoms with Crippen molar-refractivity contribution >= 4 is 11.9 Å². The Morgan fingerprint density at radius 1 is 1.12 bits per heavy atom. The quantitative estimate of drug-likeness (QED) is 0.828. The molecule has 0 radical (unpaired) electrons. The van der Waals surface area contributed by atoms with E-state index in [-0.39, 0.29) is 11.9 Å². The zero-order valence-electron chi connectivity index (χ0n) is 14.7. The molecule has 1 amide bonds. The molecule has 1 heterocycles. The van der Waals surface area contributed by atoms with E-state index in [1.165, 1.54) is 0 Å². The van der Waals surface area contributed by atoms with Crippen molar-refractivity contribution in [3.05, 3.63) is 58.4 Å². The Bertz CT molecular complexity index is 733. The first-order chi connectivity index (χ1) is 11.5. The van der Waals surface area contributed by atoms with Gasteiger partial charge in [0, 0.05) is 18.8 Å². The van der Waals surface area contributed by atoms with Gasteiger partial charge in [0.25, 0.3) is 5.91 Å². The lowest BCUT2D eigenvalue weighted by atomic mass is 10.1. The van der Waals surface area contributed by atoms with Gasteiger partial charge in [-0.05, 0) is 38.8 Å². The molecule has 0 bridgehead atoms. The second-order valence-electron chi connectivity index (χ2n) is 5.57. The van der Waals surface area contributed by atoms with Gasteiger partial charge in [-0.3, -0.25) is 4.79 Å². The van der Waals surface area contributed by atoms with Crippen LogP contribution < -0.4 is 5.32 Å². The second kappa shape index (κ2) is 7.81. The summed E-state index contributed by atoms with van der Waals surface area (Å²) in [6, 6.07) is 9.73. The van der Waals surface area contributed by atoms with Crippen LogP contribution in [0, 0.1) is 13.8 Å². The maximum atomic E-state index is 12.6. The topological polar surface area (TPSA) is 60.3 Å². The number of nitrogens with zero attached hydrogens (tertiary/aromatic N) is 1. The standard InChI is InChI=1S/C19H24N2O3/c1-5-21-14(4)16(13(3)17(21)19(23)24-6-2)18(22)20-12-15-10-8-7-9-11-15/h7-11H,5-6,12H2,1-4H3,(H,20,22). The molecule has 1 aromatic heterocycles. The predicted molar refractivity (Wildman–Crippen MR) is 93.1 cm³/mol. The number of benzene rings is 1. The molecule has 1 aromatic carbocycles. The molecule has 0 spiro atoms. The van der Waals surface area contributed by atoms with E-state index in [9.17, 15) is 9.59 Å². The molecule has 0 aliphatic carbocycles. The first-order valence-corrected chi connectivity index (χ1v) is 8.20. The Hall–Kier alpha value is -2.56. The average molecular weight is 328 g/mol. The lowest BCUT2D eigenvalue weighted by Crippen LogP contribution is -2.24. The van der Waals surface area contributed by atoms with Crippen molar-refractivity contribution in [1.29, 1.82) is 0 Å². The van der Waals surface area contributed by atoms with Crippen molar-refractivity contribution < 1.29 is 14.3 Å². The van der Waals surface area contributed by atoms with E-state index in [4.69, 9.17) is 4.74 Å². The van der Waals surface area contributed by atoms with Crippen LogP contribution in [0.2, 0.25) is 0 Å². The van der Waals surface area contributed by atoms with Gasteiger partial charge in [0.15, 0.2) is 0 Å². The molecule has 2 aromatic rings. The van der Waals surface area contributed by atoms with Crippen LogP contribution in [0.15, 0.2) is 30.3 Å². The minimum Gasteiger partial charge on any atom is -0.461 e. The summed E-state index contributed by atoms with van der Waals surface area (Å²) in [4.78, 5) is 24.9. The lowest BCUT2D eigenvalue weighted by Gasteiger charge is -2.08. The first kappa shape index (κ1) is 17.8. The molecule has 0 unspecified atom stereocenters. The summed E-state index contributed by atoms with van der Waals surface area (Å²) in [5.41, 5.74) is 3.49. The van der Waals surface area contributed by atoms with Gasteiger partial charge in [0.05, 0.1) is 12.2 Å². The summed E-state index contributed by atoms with van der Waals surface area (Å²) in [6.45, 7) is 8.73. The van der Waals surface area contributed by atoms with Crippen LogP contribution in [0.5, 0.6) is 0 Å². The molecule has 24 heavy (non-hydrogen) atoms. The summed E-state index contributed by atoms with van der Waals surface area (Å²) >= 11 is 0. The summed E-state index contributed by atoms with van der Waals surface area (Å²) in [5, 5.41) is 2.93. The number of ether oxygens (including phenoxy) is 1. The fraction of sp³-hybridized carbons (Fsp3) is 0.368. The number of amides is 1. The van der Waals surface area contributed by atoms with Crippen molar-refractivity contribution in [3.8, 4) is 0 Å². The molecule has 0 saturated carbocycles. The third-order valence-electron chi connectivity index (χ3n) is 4.07. The van der Waals surface area contributed by atoms with Crippen LogP contribution in [-0.4, -0.2) is 23.1 Å². The van der Waals surface area contributed by atoms with Gasteiger partial charge < -0.3 is 14.6 Å². The van der Waals surface area contributed by atoms with Gasteiger partial charge in [0.2, 0.25) is 0 Å². The van der Waals surface area contributed by atoms with Gasteiger partial charge in [-0.15, -0.1) is 0 Å². The summed E-state index contributed by atoms with van der Waals surface area (Å²) in [7, 11) is 0. The molecule has 2 rings (SSSR count). The highest BCUT2D eigenvalue weighted by Crippen LogP contribution is 2.23. The molecular formula is C19H24N2O3. The van der Waals surface area contributed by atoms with E-state index >= 15 is 0 Å². The first-order valence-electron chi connectivity index (χ1n) is 8.20. The van der Waals surface area contributed by atoms with E-state index in [1.54, 1.807) is 13.8 Å². The number of rotatable bonds is 6. The van der Waals surface area contributed by atoms with Crippen LogP contribution in [0.3, 0.4) is 0 Å². The molecule has 0 atom stereocenters. The van der Waals surface area contributed by atoms with Crippen molar-refractivity contribution in [3.63, 3.8) is 0 Å². The number of carbonyl (C=O) groups is 2. The van der Waals surface area contributed by atoms with E-state index in [2.05, 4.69) is 5.32 Å². The van der Waals surface area contributed by atoms with Crippen LogP contribution in [-0.2, 0) is 17.8 Å². The van der Waals surface area contributed by atoms with E-state index < -0.39 is 0 Å². The molecule has 128 valence electrons. The van der Waals surface area contributed by atoms with Gasteiger partial charge in [-0.2, -0.15) is 0 Å². The lowest BCUT2D eigenvalue weighted by molar-refractivity contribution is 0.0512. The maximum Gasteiger partial charge on any atom is 0.355 e. The minimum absolute atomic E-state index is 0.174. The largest absolute Gasteiger partial charge is 0.461 e. The van der Waals surface area contributed by atoms with Crippen LogP contribution >= 0.6 is 0 Å². The van der Waals surface area contributed by atoms with Crippen molar-refractivity contribution in [1.82, 2.24) is 9.88 Å². The highest BCUT2D eigenvalue weighted by Gasteiger charge is 2.26. The Balaban J connectivity index is 2.29. The maximum absolute atomic E-state index is 12.6. The molecular weight excluding hydrogens is 304 g/mol. The van der Waals surface area contributed by atoms with Crippen molar-refractivity contribution in [2.24, 2.45) is 0 Å². The monoisotopic (exact) mass is 328 g/mol. The van der Waals surface area contributed by atoms with Crippen LogP contribution in [0.4, 0.5) is 0 Å². The normalized spacial score (nSPS) is 10.5. The Morgan fingerprint density at radius 3 is 2.38 bits per heavy atom. The van der Waals surface area contributed by atoms with Gasteiger partial charge in [-0.1, -0.05) is 30.3 Å². The third kappa shape index (κ3) is 3.50. The van der Waals surface area contributed by atoms with Crippen LogP contribution in [0.1, 0.15) is 51.5 Å². The fourth-order valence-corrected chi connectivity index (χ4v) is 2.95. The highest BCUT2D eigenvalue weighted by molar-refractivity contribution is 6.01. The number of aromatic nitrogens is 1. The van der Waals surface area contributed by atoms with Gasteiger partial charge in [-0.25, -0.2) is 4.79 Å². The minimum atomic E-state index is -0.387. The summed E-state index contributed by atoms with van der Waals surface area (Å²) in [5.74, 6) is -0.561. The van der Waals surface area contributed by atoms with Gasteiger partial charge >= 0.3 is 5.97 Å². The molecule has 0 aliphatic rings. The average Bonchev–Trinajstić information content (AvgIpc) is 2.84. The third-order valence-corrected chi connectivity index (χ3v) is 4.07. The van der Waals surface area contributed by atoms with Crippen LogP contribution in [0.25, 0.3) is 0 Å². The Morgan fingerprint density at radius 2 is 1.79 bits per heavy atom. The second-order valence-corrected chi connectivity index (χ2v) is 5.57. The zero-order chi connectivity index (χ0) is 17.7. The highest BCUT2D eigenvalue weighted by atomic mass is 16.5. The predicted octanol–water partition coefficient (Wildman–Crippen LogP) is 3.23. The molecule has 0 saturated heterocycles. The number of hydrogen-bond donors (Lipinski definition) is 1. The van der Waals surface area contributed by atoms with E-state index in [0.717, 1.165) is 11.3 Å². The molecule has 5 nitrogen and oxygen atoms in total. The summed E-state index contributed by atoms with van der Waals surface area (Å²) in [6.07, 6.45) is 0. The smallest absolute Gasteiger partial charge is 0.355 e. The summed E-state index contributed by atoms with van der Waals surface area (Å²) < 4.78 is 6.98. The van der Waals surface area contributed by atoms with Gasteiger partial charge in [0.1, 0.15) is 5.69 Å². The Labute approximate surface area is 142 Å². The SMILES string of the molecule is CCOC(=O)c1c(C)c(C(=O)NCc2ccccc2)c(C)n1CC. The zero-order valence-corrected chi connectivity index (χ0v) is 14.7. The number of nitrogens with one attached hydrogen (secondary N) is 1. The number of hydrogen-bond acceptors (Lipinski definition) is 3. The molecule has 1 N–H and O–H groups in total.